The number of amides is 2. The molecule has 0 radical (unpaired) electrons. The number of thiophene rings is 1. The molecule has 0 aliphatic carbocycles. The molecule has 2 heterocycles. The lowest BCUT2D eigenvalue weighted by Crippen LogP contribution is -2.38. The number of urea groups is 1. The standard InChI is InChI=1S/C15H24ClN3O2S/c1-12(13-4-5-14(16)22-13)18-15(20)17-6-2-3-7-19-8-10-21-11-9-19/h4-5,12H,2-3,6-11H2,1H3,(H2,17,18,20)/t12-/m0/s1. The van der Waals surface area contributed by atoms with Gasteiger partial charge in [-0.2, -0.15) is 0 Å². The second kappa shape index (κ2) is 9.35. The first kappa shape index (κ1) is 17.5. The van der Waals surface area contributed by atoms with E-state index in [1.165, 1.54) is 11.3 Å². The van der Waals surface area contributed by atoms with Crippen LogP contribution in [0.5, 0.6) is 0 Å². The molecule has 1 atom stereocenters. The summed E-state index contributed by atoms with van der Waals surface area (Å²) in [5, 5.41) is 5.83. The van der Waals surface area contributed by atoms with Gasteiger partial charge in [-0.1, -0.05) is 11.6 Å². The van der Waals surface area contributed by atoms with Crippen molar-refractivity contribution in [3.8, 4) is 0 Å². The van der Waals surface area contributed by atoms with Crippen LogP contribution < -0.4 is 10.6 Å². The molecular formula is C15H24ClN3O2S. The second-order valence-corrected chi connectivity index (χ2v) is 7.17. The minimum atomic E-state index is -0.122. The van der Waals surface area contributed by atoms with E-state index < -0.39 is 0 Å². The molecule has 0 unspecified atom stereocenters. The number of nitrogens with zero attached hydrogens (tertiary/aromatic N) is 1. The Bertz CT molecular complexity index is 463. The van der Waals surface area contributed by atoms with E-state index in [4.69, 9.17) is 16.3 Å². The lowest BCUT2D eigenvalue weighted by molar-refractivity contribution is 0.0372. The van der Waals surface area contributed by atoms with Crippen molar-refractivity contribution >= 4 is 29.0 Å². The lowest BCUT2D eigenvalue weighted by Gasteiger charge is -2.26. The van der Waals surface area contributed by atoms with E-state index in [2.05, 4.69) is 15.5 Å². The predicted octanol–water partition coefficient (Wildman–Crippen LogP) is 2.87. The minimum Gasteiger partial charge on any atom is -0.379 e. The third-order valence-electron chi connectivity index (χ3n) is 3.66. The fourth-order valence-electron chi connectivity index (χ4n) is 2.37. The zero-order valence-corrected chi connectivity index (χ0v) is 14.5. The molecule has 22 heavy (non-hydrogen) atoms. The number of carbonyl (C=O) groups excluding carboxylic acids is 1. The highest BCUT2D eigenvalue weighted by molar-refractivity contribution is 7.16. The third-order valence-corrected chi connectivity index (χ3v) is 5.07. The van der Waals surface area contributed by atoms with Gasteiger partial charge in [-0.15, -0.1) is 11.3 Å². The van der Waals surface area contributed by atoms with E-state index >= 15 is 0 Å². The van der Waals surface area contributed by atoms with E-state index in [0.717, 1.165) is 54.9 Å². The van der Waals surface area contributed by atoms with Crippen molar-refractivity contribution < 1.29 is 9.53 Å². The van der Waals surface area contributed by atoms with Crippen LogP contribution in [0.3, 0.4) is 0 Å². The zero-order valence-electron chi connectivity index (χ0n) is 12.9. The molecule has 5 nitrogen and oxygen atoms in total. The van der Waals surface area contributed by atoms with Crippen molar-refractivity contribution in [3.05, 3.63) is 21.3 Å². The van der Waals surface area contributed by atoms with Crippen LogP contribution in [0.2, 0.25) is 4.34 Å². The molecule has 2 rings (SSSR count). The fraction of sp³-hybridized carbons (Fsp3) is 0.667. The van der Waals surface area contributed by atoms with Gasteiger partial charge in [-0.05, 0) is 38.4 Å². The van der Waals surface area contributed by atoms with Gasteiger partial charge in [0, 0.05) is 24.5 Å². The summed E-state index contributed by atoms with van der Waals surface area (Å²) in [7, 11) is 0. The Labute approximate surface area is 141 Å². The van der Waals surface area contributed by atoms with Crippen LogP contribution in [-0.2, 0) is 4.74 Å². The Hall–Kier alpha value is -0.820. The maximum Gasteiger partial charge on any atom is 0.315 e. The molecule has 1 aromatic heterocycles. The summed E-state index contributed by atoms with van der Waals surface area (Å²) in [5.74, 6) is 0. The summed E-state index contributed by atoms with van der Waals surface area (Å²) in [5.41, 5.74) is 0. The summed E-state index contributed by atoms with van der Waals surface area (Å²) in [6, 6.07) is 3.65. The number of unbranched alkanes of at least 4 members (excludes halogenated alkanes) is 1. The van der Waals surface area contributed by atoms with E-state index in [0.29, 0.717) is 6.54 Å². The SMILES string of the molecule is C[C@H](NC(=O)NCCCCN1CCOCC1)c1ccc(Cl)s1. The molecule has 1 fully saturated rings. The van der Waals surface area contributed by atoms with Crippen molar-refractivity contribution in [3.63, 3.8) is 0 Å². The largest absolute Gasteiger partial charge is 0.379 e. The molecule has 7 heteroatoms. The number of rotatable bonds is 7. The van der Waals surface area contributed by atoms with Gasteiger partial charge in [0.25, 0.3) is 0 Å². The molecule has 1 aliphatic rings. The Morgan fingerprint density at radius 3 is 2.86 bits per heavy atom. The summed E-state index contributed by atoms with van der Waals surface area (Å²) in [6.45, 7) is 7.46. The molecule has 0 spiro atoms. The highest BCUT2D eigenvalue weighted by Crippen LogP contribution is 2.26. The molecular weight excluding hydrogens is 322 g/mol. The quantitative estimate of drug-likeness (QED) is 0.747. The van der Waals surface area contributed by atoms with E-state index in [-0.39, 0.29) is 12.1 Å². The number of halogens is 1. The number of morpholine rings is 1. The first-order valence-electron chi connectivity index (χ1n) is 7.75. The van der Waals surface area contributed by atoms with Gasteiger partial charge in [0.15, 0.2) is 0 Å². The minimum absolute atomic E-state index is 0.0224. The molecule has 0 bridgehead atoms. The summed E-state index contributed by atoms with van der Waals surface area (Å²) in [6.07, 6.45) is 2.08. The van der Waals surface area contributed by atoms with Crippen molar-refractivity contribution in [1.29, 1.82) is 0 Å². The maximum atomic E-state index is 11.8. The first-order valence-corrected chi connectivity index (χ1v) is 8.94. The van der Waals surface area contributed by atoms with Gasteiger partial charge >= 0.3 is 6.03 Å². The van der Waals surface area contributed by atoms with Crippen molar-refractivity contribution in [1.82, 2.24) is 15.5 Å². The summed E-state index contributed by atoms with van der Waals surface area (Å²) in [4.78, 5) is 15.3. The predicted molar refractivity (Wildman–Crippen MR) is 90.8 cm³/mol. The highest BCUT2D eigenvalue weighted by atomic mass is 35.5. The number of nitrogens with one attached hydrogen (secondary N) is 2. The first-order chi connectivity index (χ1) is 10.6. The third kappa shape index (κ3) is 6.12. The van der Waals surface area contributed by atoms with Gasteiger partial charge in [-0.3, -0.25) is 4.90 Å². The highest BCUT2D eigenvalue weighted by Gasteiger charge is 2.11. The van der Waals surface area contributed by atoms with Gasteiger partial charge in [0.2, 0.25) is 0 Å². The Morgan fingerprint density at radius 1 is 1.41 bits per heavy atom. The number of carbonyl (C=O) groups is 1. The number of hydrogen-bond acceptors (Lipinski definition) is 4. The Balaban J connectivity index is 1.53. The molecule has 2 amide bonds. The van der Waals surface area contributed by atoms with Gasteiger partial charge in [-0.25, -0.2) is 4.79 Å². The molecule has 1 aromatic rings. The van der Waals surface area contributed by atoms with Crippen LogP contribution in [0.1, 0.15) is 30.7 Å². The number of ether oxygens (including phenoxy) is 1. The fourth-order valence-corrected chi connectivity index (χ4v) is 3.43. The van der Waals surface area contributed by atoms with Crippen LogP contribution in [0, 0.1) is 0 Å². The van der Waals surface area contributed by atoms with Crippen LogP contribution in [0.15, 0.2) is 12.1 Å². The van der Waals surface area contributed by atoms with Crippen LogP contribution in [0.4, 0.5) is 4.79 Å². The monoisotopic (exact) mass is 345 g/mol. The Kier molecular flexibility index (Phi) is 7.45. The van der Waals surface area contributed by atoms with E-state index in [1.807, 2.05) is 19.1 Å². The van der Waals surface area contributed by atoms with Gasteiger partial charge in [0.05, 0.1) is 23.6 Å². The molecule has 124 valence electrons. The molecule has 1 saturated heterocycles. The van der Waals surface area contributed by atoms with Crippen molar-refractivity contribution in [2.24, 2.45) is 0 Å². The smallest absolute Gasteiger partial charge is 0.315 e. The number of hydrogen-bond donors (Lipinski definition) is 2. The lowest BCUT2D eigenvalue weighted by atomic mass is 10.2. The molecule has 0 aromatic carbocycles. The van der Waals surface area contributed by atoms with E-state index in [1.54, 1.807) is 0 Å². The van der Waals surface area contributed by atoms with Crippen molar-refractivity contribution in [2.75, 3.05) is 39.4 Å². The summed E-state index contributed by atoms with van der Waals surface area (Å²) >= 11 is 7.39. The van der Waals surface area contributed by atoms with Crippen LogP contribution >= 0.6 is 22.9 Å². The zero-order chi connectivity index (χ0) is 15.8. The van der Waals surface area contributed by atoms with Gasteiger partial charge in [0.1, 0.15) is 0 Å². The van der Waals surface area contributed by atoms with Crippen molar-refractivity contribution in [2.45, 2.75) is 25.8 Å². The van der Waals surface area contributed by atoms with E-state index in [9.17, 15) is 4.79 Å². The normalized spacial score (nSPS) is 17.2. The molecule has 1 aliphatic heterocycles. The maximum absolute atomic E-state index is 11.8. The van der Waals surface area contributed by atoms with Crippen LogP contribution in [-0.4, -0.2) is 50.3 Å². The average molecular weight is 346 g/mol. The average Bonchev–Trinajstić information content (AvgIpc) is 2.94. The molecule has 2 N–H and O–H groups in total. The summed E-state index contributed by atoms with van der Waals surface area (Å²) < 4.78 is 6.06. The topological polar surface area (TPSA) is 53.6 Å². The van der Waals surface area contributed by atoms with Crippen LogP contribution in [0.25, 0.3) is 0 Å². The second-order valence-electron chi connectivity index (χ2n) is 5.42. The van der Waals surface area contributed by atoms with Gasteiger partial charge < -0.3 is 15.4 Å². The molecule has 0 saturated carbocycles. The Morgan fingerprint density at radius 2 is 2.18 bits per heavy atom.